The van der Waals surface area contributed by atoms with E-state index in [9.17, 15) is 0 Å². The molecule has 0 N–H and O–H groups in total. The molecule has 0 spiro atoms. The highest BCUT2D eigenvalue weighted by atomic mass is 36.2. The van der Waals surface area contributed by atoms with E-state index in [2.05, 4.69) is 6.92 Å². The molecule has 0 bridgehead atoms. The molecule has 0 unspecified atom stereocenters. The Morgan fingerprint density at radius 3 is 1.00 bits per heavy atom. The molecule has 136 valence electrons. The van der Waals surface area contributed by atoms with Gasteiger partial charge in [-0.1, -0.05) is 103 Å². The van der Waals surface area contributed by atoms with Crippen LogP contribution in [0.15, 0.2) is 0 Å². The van der Waals surface area contributed by atoms with Crippen LogP contribution in [0.1, 0.15) is 110 Å². The molecule has 0 heterocycles. The predicted octanol–water partition coefficient (Wildman–Crippen LogP) is 9.51. The van der Waals surface area contributed by atoms with E-state index in [4.69, 9.17) is 32.0 Å². The van der Waals surface area contributed by atoms with Gasteiger partial charge in [0.2, 0.25) is 0 Å². The zero-order valence-corrected chi connectivity index (χ0v) is 17.6. The molecule has 0 aromatic rings. The van der Waals surface area contributed by atoms with Gasteiger partial charge in [-0.25, -0.2) is 0 Å². The van der Waals surface area contributed by atoms with E-state index in [0.717, 1.165) is 12.2 Å². The molecule has 0 nitrogen and oxygen atoms in total. The van der Waals surface area contributed by atoms with Gasteiger partial charge in [-0.15, -0.1) is 0 Å². The molecule has 0 amide bonds. The highest BCUT2D eigenvalue weighted by molar-refractivity contribution is 8.79. The van der Waals surface area contributed by atoms with Gasteiger partial charge in [0.25, 0.3) is 0 Å². The summed E-state index contributed by atoms with van der Waals surface area (Å²) in [7, 11) is 15.6. The Hall–Kier alpha value is 1.22. The normalized spacial score (nSPS) is 12.7. The molecule has 0 atom stereocenters. The number of rotatable bonds is 17. The summed E-state index contributed by atoms with van der Waals surface area (Å²) >= 11 is 0. The quantitative estimate of drug-likeness (QED) is 0.216. The summed E-state index contributed by atoms with van der Waals surface area (Å²) in [6.07, 6.45) is 22.1. The van der Waals surface area contributed by atoms with E-state index in [-0.39, 0.29) is 0 Å². The summed E-state index contributed by atoms with van der Waals surface area (Å²) < 4.78 is 0. The summed E-state index contributed by atoms with van der Waals surface area (Å²) in [6.45, 7) is 2.28. The molecule has 0 aliphatic rings. The molecule has 0 aromatic heterocycles. The number of hydrogen-bond donors (Lipinski definition) is 0. The van der Waals surface area contributed by atoms with Crippen molar-refractivity contribution in [1.82, 2.24) is 0 Å². The fourth-order valence-corrected chi connectivity index (χ4v) is 4.33. The van der Waals surface area contributed by atoms with Crippen molar-refractivity contribution in [3.63, 3.8) is 0 Å². The zero-order valence-electron chi connectivity index (χ0n) is 14.6. The number of halogens is 3. The molecule has 0 radical (unpaired) electrons. The molecule has 0 rings (SSSR count). The average molecular weight is 392 g/mol. The monoisotopic (exact) mass is 390 g/mol. The maximum absolute atomic E-state index is 5.81. The van der Waals surface area contributed by atoms with Crippen LogP contribution in [-0.2, 0) is 0 Å². The smallest absolute Gasteiger partial charge is 0.0164 e. The second-order valence-corrected chi connectivity index (χ2v) is 14.1. The average Bonchev–Trinajstić information content (AvgIpc) is 2.45. The second-order valence-electron chi connectivity index (χ2n) is 6.51. The summed E-state index contributed by atoms with van der Waals surface area (Å²) in [6, 6.07) is 0. The lowest BCUT2D eigenvalue weighted by Gasteiger charge is -2.14. The first-order chi connectivity index (χ1) is 10.6. The summed E-state index contributed by atoms with van der Waals surface area (Å²) in [5, 5.41) is 0. The maximum Gasteiger partial charge on any atom is 0.0164 e. The van der Waals surface area contributed by atoms with Crippen LogP contribution in [0.5, 0.6) is 0 Å². The summed E-state index contributed by atoms with van der Waals surface area (Å²) in [4.78, 5) is 0. The highest BCUT2D eigenvalue weighted by Crippen LogP contribution is 2.63. The Labute approximate surface area is 154 Å². The first kappa shape index (κ1) is 23.2. The van der Waals surface area contributed by atoms with Gasteiger partial charge in [0, 0.05) is 5.75 Å². The van der Waals surface area contributed by atoms with Gasteiger partial charge in [0.1, 0.15) is 0 Å². The molecule has 0 saturated carbocycles. The molecule has 22 heavy (non-hydrogen) atoms. The van der Waals surface area contributed by atoms with E-state index in [0.29, 0.717) is 0 Å². The van der Waals surface area contributed by atoms with Gasteiger partial charge >= 0.3 is 0 Å². The molecule has 0 saturated heterocycles. The summed E-state index contributed by atoms with van der Waals surface area (Å²) in [5.41, 5.74) is 0. The third-order valence-corrected chi connectivity index (χ3v) is 6.37. The Bertz CT molecular complexity index is 217. The minimum atomic E-state index is -1.83. The molecular formula is C18H37Cl3S. The Morgan fingerprint density at radius 1 is 0.455 bits per heavy atom. The minimum Gasteiger partial charge on any atom is -0.0654 e. The molecule has 0 fully saturated rings. The van der Waals surface area contributed by atoms with E-state index in [1.165, 1.54) is 96.3 Å². The largest absolute Gasteiger partial charge is 0.0654 e. The first-order valence-corrected chi connectivity index (χ1v) is 13.7. The van der Waals surface area contributed by atoms with Gasteiger partial charge in [-0.05, 0) is 46.1 Å². The van der Waals surface area contributed by atoms with Crippen LogP contribution in [0.25, 0.3) is 0 Å². The minimum absolute atomic E-state index is 0.774. The topological polar surface area (TPSA) is 0 Å². The third-order valence-electron chi connectivity index (χ3n) is 4.23. The highest BCUT2D eigenvalue weighted by Gasteiger charge is 2.11. The molecule has 4 heteroatoms. The van der Waals surface area contributed by atoms with Crippen molar-refractivity contribution in [1.29, 1.82) is 0 Å². The van der Waals surface area contributed by atoms with E-state index in [1.807, 2.05) is 0 Å². The van der Waals surface area contributed by atoms with Crippen molar-refractivity contribution in [2.45, 2.75) is 110 Å². The van der Waals surface area contributed by atoms with Crippen LogP contribution < -0.4 is 0 Å². The lowest BCUT2D eigenvalue weighted by molar-refractivity contribution is 0.532. The van der Waals surface area contributed by atoms with Crippen molar-refractivity contribution in [3.8, 4) is 0 Å². The first-order valence-electron chi connectivity index (χ1n) is 9.46. The zero-order chi connectivity index (χ0) is 16.5. The van der Waals surface area contributed by atoms with Crippen LogP contribution >= 0.6 is 39.7 Å². The number of unbranched alkanes of at least 4 members (excludes halogenated alkanes) is 15. The second kappa shape index (κ2) is 17.1. The maximum atomic E-state index is 5.81. The molecule has 0 aliphatic carbocycles. The lowest BCUT2D eigenvalue weighted by Crippen LogP contribution is -1.86. The van der Waals surface area contributed by atoms with E-state index in [1.54, 1.807) is 0 Å². The third kappa shape index (κ3) is 21.2. The van der Waals surface area contributed by atoms with Crippen LogP contribution in [0, 0.1) is 0 Å². The van der Waals surface area contributed by atoms with Crippen LogP contribution in [-0.4, -0.2) is 5.75 Å². The fourth-order valence-electron chi connectivity index (χ4n) is 2.81. The van der Waals surface area contributed by atoms with Crippen LogP contribution in [0.4, 0.5) is 0 Å². The SMILES string of the molecule is CCCCCCCCCCCCCCCCCCS(Cl)(Cl)Cl. The molecule has 0 aliphatic heterocycles. The van der Waals surface area contributed by atoms with Gasteiger partial charge < -0.3 is 0 Å². The van der Waals surface area contributed by atoms with Crippen molar-refractivity contribution >= 4 is 39.7 Å². The van der Waals surface area contributed by atoms with Crippen molar-refractivity contribution in [2.75, 3.05) is 5.75 Å². The van der Waals surface area contributed by atoms with Crippen molar-refractivity contribution in [3.05, 3.63) is 0 Å². The lowest BCUT2D eigenvalue weighted by atomic mass is 10.0. The Morgan fingerprint density at radius 2 is 0.727 bits per heavy atom. The van der Waals surface area contributed by atoms with Gasteiger partial charge in [0.15, 0.2) is 0 Å². The van der Waals surface area contributed by atoms with Crippen molar-refractivity contribution < 1.29 is 0 Å². The van der Waals surface area contributed by atoms with Crippen LogP contribution in [0.2, 0.25) is 0 Å². The van der Waals surface area contributed by atoms with Gasteiger partial charge in [0.05, 0.1) is 0 Å². The fraction of sp³-hybridized carbons (Fsp3) is 1.00. The van der Waals surface area contributed by atoms with Gasteiger partial charge in [-0.3, -0.25) is 0 Å². The van der Waals surface area contributed by atoms with Gasteiger partial charge in [-0.2, -0.15) is 0 Å². The summed E-state index contributed by atoms with van der Waals surface area (Å²) in [5.74, 6) is 0.774. The number of hydrogen-bond acceptors (Lipinski definition) is 0. The Kier molecular flexibility index (Phi) is 18.0. The van der Waals surface area contributed by atoms with Crippen molar-refractivity contribution in [2.24, 2.45) is 0 Å². The van der Waals surface area contributed by atoms with E-state index >= 15 is 0 Å². The van der Waals surface area contributed by atoms with Crippen LogP contribution in [0.3, 0.4) is 0 Å². The Balaban J connectivity index is 3.00. The molecule has 0 aromatic carbocycles. The standard InChI is InChI=1S/C18H37Cl3S/c1-2-3-4-5-6-7-8-9-10-11-12-13-14-15-16-17-18-22(19,20)21/h2-18H2,1H3. The predicted molar refractivity (Wildman–Crippen MR) is 110 cm³/mol. The van der Waals surface area contributed by atoms with E-state index < -0.39 is 7.67 Å². The molecular weight excluding hydrogens is 355 g/mol.